The number of nitrogens with one attached hydrogen (secondary N) is 2. The fourth-order valence-corrected chi connectivity index (χ4v) is 3.50. The third-order valence-corrected chi connectivity index (χ3v) is 5.09. The van der Waals surface area contributed by atoms with Gasteiger partial charge in [0.1, 0.15) is 10.8 Å². The summed E-state index contributed by atoms with van der Waals surface area (Å²) in [5.41, 5.74) is 0. The van der Waals surface area contributed by atoms with Gasteiger partial charge < -0.3 is 15.5 Å². The fraction of sp³-hybridized carbons (Fsp3) is 0.438. The molecule has 9 heteroatoms. The number of piperidine rings is 1. The molecule has 0 saturated carbocycles. The van der Waals surface area contributed by atoms with Gasteiger partial charge in [-0.05, 0) is 56.2 Å². The van der Waals surface area contributed by atoms with Crippen LogP contribution in [0.15, 0.2) is 34.7 Å². The molecule has 0 radical (unpaired) electrons. The van der Waals surface area contributed by atoms with E-state index in [1.54, 1.807) is 25.5 Å². The van der Waals surface area contributed by atoms with Crippen molar-refractivity contribution in [2.24, 2.45) is 0 Å². The number of nitrogens with zero attached hydrogens (tertiary/aromatic N) is 5. The highest BCUT2D eigenvalue weighted by Crippen LogP contribution is 2.29. The van der Waals surface area contributed by atoms with Gasteiger partial charge in [0.2, 0.25) is 5.95 Å². The second-order valence-corrected chi connectivity index (χ2v) is 7.16. The van der Waals surface area contributed by atoms with Crippen molar-refractivity contribution in [3.05, 3.63) is 24.5 Å². The first-order chi connectivity index (χ1) is 12.2. The molecule has 1 aliphatic heterocycles. The van der Waals surface area contributed by atoms with E-state index < -0.39 is 0 Å². The zero-order chi connectivity index (χ0) is 17.6. The maximum atomic E-state index is 5.19. The molecule has 132 valence electrons. The van der Waals surface area contributed by atoms with E-state index in [1.165, 1.54) is 31.0 Å². The molecule has 2 N–H and O–H groups in total. The number of anilines is 2. The standard InChI is InChI=1S/C16H21N7S2/c1-11-6-3-4-9-23(11)12-10-13(25-16-18-7-5-8-19-16)21-14(20-12)22-15(24)17-2/h5,7-8,10-11H,3-4,6,9H2,1-2H3,(H2,17,20,21,22,24). The predicted molar refractivity (Wildman–Crippen MR) is 104 cm³/mol. The molecule has 0 aliphatic carbocycles. The van der Waals surface area contributed by atoms with Crippen LogP contribution in [0.2, 0.25) is 0 Å². The Kier molecular flexibility index (Phi) is 5.98. The van der Waals surface area contributed by atoms with Crippen LogP contribution < -0.4 is 15.5 Å². The van der Waals surface area contributed by atoms with Crippen molar-refractivity contribution in [3.8, 4) is 0 Å². The van der Waals surface area contributed by atoms with E-state index in [0.29, 0.717) is 22.3 Å². The molecule has 7 nitrogen and oxygen atoms in total. The van der Waals surface area contributed by atoms with Gasteiger partial charge in [-0.2, -0.15) is 4.98 Å². The second-order valence-electron chi connectivity index (χ2n) is 5.76. The van der Waals surface area contributed by atoms with E-state index >= 15 is 0 Å². The summed E-state index contributed by atoms with van der Waals surface area (Å²) in [5.74, 6) is 1.38. The topological polar surface area (TPSA) is 78.9 Å². The summed E-state index contributed by atoms with van der Waals surface area (Å²) in [5, 5.41) is 7.84. The lowest BCUT2D eigenvalue weighted by molar-refractivity contribution is 0.480. The van der Waals surface area contributed by atoms with Crippen LogP contribution >= 0.6 is 24.0 Å². The Morgan fingerprint density at radius 3 is 2.80 bits per heavy atom. The van der Waals surface area contributed by atoms with Crippen LogP contribution in [0.1, 0.15) is 26.2 Å². The molecule has 1 atom stereocenters. The predicted octanol–water partition coefficient (Wildman–Crippen LogP) is 2.71. The van der Waals surface area contributed by atoms with Crippen LogP contribution in [0.25, 0.3) is 0 Å². The van der Waals surface area contributed by atoms with Crippen LogP contribution in [-0.4, -0.2) is 44.7 Å². The highest BCUT2D eigenvalue weighted by atomic mass is 32.2. The molecule has 2 aromatic rings. The van der Waals surface area contributed by atoms with Crippen molar-refractivity contribution in [2.45, 2.75) is 42.4 Å². The molecule has 0 aromatic carbocycles. The quantitative estimate of drug-likeness (QED) is 0.476. The first kappa shape index (κ1) is 17.8. The van der Waals surface area contributed by atoms with Crippen molar-refractivity contribution in [2.75, 3.05) is 23.8 Å². The van der Waals surface area contributed by atoms with E-state index in [4.69, 9.17) is 12.2 Å². The van der Waals surface area contributed by atoms with Crippen LogP contribution in [0, 0.1) is 0 Å². The summed E-state index contributed by atoms with van der Waals surface area (Å²) in [4.78, 5) is 20.0. The van der Waals surface area contributed by atoms with Crippen molar-refractivity contribution in [1.29, 1.82) is 0 Å². The van der Waals surface area contributed by atoms with Gasteiger partial charge in [-0.25, -0.2) is 15.0 Å². The smallest absolute Gasteiger partial charge is 0.232 e. The summed E-state index contributed by atoms with van der Waals surface area (Å²) < 4.78 is 0. The van der Waals surface area contributed by atoms with Gasteiger partial charge in [-0.15, -0.1) is 0 Å². The largest absolute Gasteiger partial charge is 0.365 e. The number of rotatable bonds is 4. The SMILES string of the molecule is CNC(=S)Nc1nc(Sc2ncccn2)cc(N2CCCCC2C)n1. The molecule has 1 fully saturated rings. The Balaban J connectivity index is 1.91. The number of thiocarbonyl (C=S) groups is 1. The van der Waals surface area contributed by atoms with E-state index in [-0.39, 0.29) is 0 Å². The third kappa shape index (κ3) is 4.76. The van der Waals surface area contributed by atoms with Crippen LogP contribution in [-0.2, 0) is 0 Å². The highest BCUT2D eigenvalue weighted by molar-refractivity contribution is 7.99. The van der Waals surface area contributed by atoms with Crippen molar-refractivity contribution in [3.63, 3.8) is 0 Å². The lowest BCUT2D eigenvalue weighted by atomic mass is 10.0. The van der Waals surface area contributed by atoms with E-state index in [0.717, 1.165) is 17.4 Å². The van der Waals surface area contributed by atoms with Crippen LogP contribution in [0.5, 0.6) is 0 Å². The Labute approximate surface area is 157 Å². The molecule has 3 heterocycles. The van der Waals surface area contributed by atoms with Crippen molar-refractivity contribution in [1.82, 2.24) is 25.3 Å². The van der Waals surface area contributed by atoms with E-state index in [1.807, 2.05) is 6.07 Å². The maximum absolute atomic E-state index is 5.19. The van der Waals surface area contributed by atoms with Crippen molar-refractivity contribution >= 4 is 40.9 Å². The third-order valence-electron chi connectivity index (χ3n) is 3.98. The Hall–Kier alpha value is -2.00. The van der Waals surface area contributed by atoms with Gasteiger partial charge in [0, 0.05) is 38.1 Å². The minimum absolute atomic E-state index is 0.457. The summed E-state index contributed by atoms with van der Waals surface area (Å²) in [6.07, 6.45) is 7.05. The number of aromatic nitrogens is 4. The Morgan fingerprint density at radius 1 is 1.28 bits per heavy atom. The fourth-order valence-electron chi connectivity index (χ4n) is 2.70. The molecular weight excluding hydrogens is 354 g/mol. The number of hydrogen-bond acceptors (Lipinski definition) is 7. The molecule has 1 aliphatic rings. The Morgan fingerprint density at radius 2 is 2.08 bits per heavy atom. The van der Waals surface area contributed by atoms with Gasteiger partial charge in [0.25, 0.3) is 0 Å². The highest BCUT2D eigenvalue weighted by Gasteiger charge is 2.21. The average Bonchev–Trinajstić information content (AvgIpc) is 2.62. The molecule has 2 aromatic heterocycles. The Bertz CT molecular complexity index is 726. The summed E-state index contributed by atoms with van der Waals surface area (Å²) in [6, 6.07) is 4.25. The van der Waals surface area contributed by atoms with Gasteiger partial charge in [-0.3, -0.25) is 0 Å². The molecule has 0 spiro atoms. The molecule has 3 rings (SSSR count). The molecule has 1 saturated heterocycles. The van der Waals surface area contributed by atoms with Crippen LogP contribution in [0.3, 0.4) is 0 Å². The van der Waals surface area contributed by atoms with Gasteiger partial charge >= 0.3 is 0 Å². The summed E-state index contributed by atoms with van der Waals surface area (Å²) in [6.45, 7) is 3.24. The van der Waals surface area contributed by atoms with E-state index in [2.05, 4.69) is 42.4 Å². The van der Waals surface area contributed by atoms with Crippen LogP contribution in [0.4, 0.5) is 11.8 Å². The first-order valence-electron chi connectivity index (χ1n) is 8.25. The second kappa shape index (κ2) is 8.39. The zero-order valence-corrected chi connectivity index (χ0v) is 15.9. The molecule has 0 bridgehead atoms. The van der Waals surface area contributed by atoms with Crippen molar-refractivity contribution < 1.29 is 0 Å². The zero-order valence-electron chi connectivity index (χ0n) is 14.3. The normalized spacial score (nSPS) is 17.2. The molecule has 1 unspecified atom stereocenters. The summed E-state index contributed by atoms with van der Waals surface area (Å²) >= 11 is 6.60. The van der Waals surface area contributed by atoms with Gasteiger partial charge in [0.15, 0.2) is 10.3 Å². The molecule has 0 amide bonds. The lowest BCUT2D eigenvalue weighted by Gasteiger charge is -2.34. The monoisotopic (exact) mass is 375 g/mol. The van der Waals surface area contributed by atoms with E-state index in [9.17, 15) is 0 Å². The average molecular weight is 376 g/mol. The molecule has 25 heavy (non-hydrogen) atoms. The maximum Gasteiger partial charge on any atom is 0.232 e. The van der Waals surface area contributed by atoms with Gasteiger partial charge in [-0.1, -0.05) is 0 Å². The minimum atomic E-state index is 0.457. The molecular formula is C16H21N7S2. The summed E-state index contributed by atoms with van der Waals surface area (Å²) in [7, 11) is 1.76. The van der Waals surface area contributed by atoms with Gasteiger partial charge in [0.05, 0.1) is 0 Å². The lowest BCUT2D eigenvalue weighted by Crippen LogP contribution is -2.38. The minimum Gasteiger partial charge on any atom is -0.365 e. The first-order valence-corrected chi connectivity index (χ1v) is 9.47. The number of hydrogen-bond donors (Lipinski definition) is 2.